The molecule has 0 aliphatic carbocycles. The lowest BCUT2D eigenvalue weighted by atomic mass is 9.87. The number of para-hydroxylation sites is 1. The van der Waals surface area contributed by atoms with Gasteiger partial charge < -0.3 is 15.2 Å². The Hall–Kier alpha value is -3.47. The Morgan fingerprint density at radius 2 is 1.41 bits per heavy atom. The molecule has 0 unspecified atom stereocenters. The van der Waals surface area contributed by atoms with E-state index in [1.165, 1.54) is 60.4 Å². The number of fused-ring (bicyclic) bond motifs is 1. The summed E-state index contributed by atoms with van der Waals surface area (Å²) in [5.41, 5.74) is 4.99. The van der Waals surface area contributed by atoms with E-state index in [0.29, 0.717) is 12.5 Å². The number of ether oxygens (including phenoxy) is 1. The first-order chi connectivity index (χ1) is 22.6. The number of aliphatic imine (C=N–C) groups is 1. The van der Waals surface area contributed by atoms with Crippen LogP contribution in [0.1, 0.15) is 102 Å². The fraction of sp³-hybridized carbons (Fsp3) is 0.452. The second kappa shape index (κ2) is 26.7. The van der Waals surface area contributed by atoms with Crippen molar-refractivity contribution >= 4 is 16.5 Å². The summed E-state index contributed by atoms with van der Waals surface area (Å²) >= 11 is 0. The second-order valence-electron chi connectivity index (χ2n) is 11.2. The van der Waals surface area contributed by atoms with E-state index in [1.807, 2.05) is 70.4 Å². The maximum Gasteiger partial charge on any atom is 0.126 e. The third-order valence-corrected chi connectivity index (χ3v) is 7.70. The van der Waals surface area contributed by atoms with Crippen molar-refractivity contribution in [1.82, 2.24) is 5.32 Å². The second-order valence-corrected chi connectivity index (χ2v) is 11.2. The molecule has 0 saturated carbocycles. The van der Waals surface area contributed by atoms with Gasteiger partial charge in [-0.15, -0.1) is 0 Å². The van der Waals surface area contributed by atoms with Crippen LogP contribution < -0.4 is 10.1 Å². The lowest BCUT2D eigenvalue weighted by Crippen LogP contribution is -2.11. The zero-order chi connectivity index (χ0) is 33.8. The number of hydrogen-bond donors (Lipinski definition) is 2. The summed E-state index contributed by atoms with van der Waals surface area (Å²) in [4.78, 5) is 4.23. The molecule has 0 fully saturated rings. The number of aliphatic hydroxyl groups excluding tert-OH is 1. The molecule has 0 radical (unpaired) electrons. The maximum absolute atomic E-state index is 9.30. The van der Waals surface area contributed by atoms with Gasteiger partial charge in [0.2, 0.25) is 0 Å². The predicted molar refractivity (Wildman–Crippen MR) is 203 cm³/mol. The number of nitrogens with zero attached hydrogens (tertiary/aromatic N) is 1. The van der Waals surface area contributed by atoms with Gasteiger partial charge in [-0.2, -0.15) is 0 Å². The van der Waals surface area contributed by atoms with Crippen molar-refractivity contribution in [3.05, 3.63) is 114 Å². The summed E-state index contributed by atoms with van der Waals surface area (Å²) in [7, 11) is 3.82. The SMILES string of the molecule is CC.CCCC(CCC)c1ccccc1CO.CCCCC(COc1ccccc1)=NC.CNCCc1ccc2ccccc2c1. The number of rotatable bonds is 15. The Labute approximate surface area is 281 Å². The predicted octanol–water partition coefficient (Wildman–Crippen LogP) is 10.8. The molecule has 0 aliphatic heterocycles. The first kappa shape index (κ1) is 40.6. The van der Waals surface area contributed by atoms with Crippen molar-refractivity contribution in [2.75, 3.05) is 27.2 Å². The zero-order valence-corrected chi connectivity index (χ0v) is 29.9. The van der Waals surface area contributed by atoms with Gasteiger partial charge >= 0.3 is 0 Å². The highest BCUT2D eigenvalue weighted by Crippen LogP contribution is 2.29. The molecule has 0 bridgehead atoms. The number of benzene rings is 4. The summed E-state index contributed by atoms with van der Waals surface area (Å²) in [5, 5.41) is 15.1. The van der Waals surface area contributed by atoms with E-state index in [-0.39, 0.29) is 6.61 Å². The monoisotopic (exact) mass is 626 g/mol. The van der Waals surface area contributed by atoms with Gasteiger partial charge in [0.1, 0.15) is 12.4 Å². The van der Waals surface area contributed by atoms with Crippen LogP contribution in [0.2, 0.25) is 0 Å². The highest BCUT2D eigenvalue weighted by Gasteiger charge is 2.12. The van der Waals surface area contributed by atoms with Crippen LogP contribution in [0.4, 0.5) is 0 Å². The molecular weight excluding hydrogens is 564 g/mol. The Morgan fingerprint density at radius 3 is 2.02 bits per heavy atom. The third-order valence-electron chi connectivity index (χ3n) is 7.70. The van der Waals surface area contributed by atoms with Crippen LogP contribution in [0.15, 0.2) is 102 Å². The molecule has 0 spiro atoms. The maximum atomic E-state index is 9.30. The summed E-state index contributed by atoms with van der Waals surface area (Å²) in [6, 6.07) is 33.3. The standard InChI is InChI=1S/C14H22O.C13H19NO.C13H15N.C2H6/c1-3-7-12(8-4-2)14-10-6-5-9-13(14)11-15;1-3-4-8-12(14-2)11-15-13-9-6-5-7-10-13;1-14-9-8-11-6-7-12-4-2-3-5-13(12)10-11;1-2/h5-6,9-10,12,15H,3-4,7-8,11H2,1-2H3;5-7,9-10H,3-4,8,11H2,1-2H3;2-7,10,14H,8-9H2,1H3;1-2H3. The Balaban J connectivity index is 0.000000336. The van der Waals surface area contributed by atoms with Gasteiger partial charge in [-0.1, -0.05) is 139 Å². The first-order valence-corrected chi connectivity index (χ1v) is 17.5. The van der Waals surface area contributed by atoms with Gasteiger partial charge in [-0.05, 0) is 91.2 Å². The molecule has 0 amide bonds. The van der Waals surface area contributed by atoms with Crippen LogP contribution in [0, 0.1) is 0 Å². The number of unbranched alkanes of at least 4 members (excludes halogenated alkanes) is 1. The molecule has 46 heavy (non-hydrogen) atoms. The van der Waals surface area contributed by atoms with E-state index in [4.69, 9.17) is 4.74 Å². The molecule has 4 rings (SSSR count). The Bertz CT molecular complexity index is 1310. The van der Waals surface area contributed by atoms with E-state index in [9.17, 15) is 5.11 Å². The minimum atomic E-state index is 0.167. The Morgan fingerprint density at radius 1 is 0.783 bits per heavy atom. The molecule has 0 atom stereocenters. The first-order valence-electron chi connectivity index (χ1n) is 17.5. The average molecular weight is 627 g/mol. The molecular formula is C42H62N2O2. The van der Waals surface area contributed by atoms with Crippen LogP contribution in [-0.4, -0.2) is 38.1 Å². The quantitative estimate of drug-likeness (QED) is 0.129. The van der Waals surface area contributed by atoms with E-state index in [0.717, 1.165) is 36.4 Å². The summed E-state index contributed by atoms with van der Waals surface area (Å²) in [5.74, 6) is 1.54. The molecule has 0 aromatic heterocycles. The molecule has 252 valence electrons. The van der Waals surface area contributed by atoms with Gasteiger partial charge in [0.05, 0.1) is 6.61 Å². The van der Waals surface area contributed by atoms with E-state index < -0.39 is 0 Å². The van der Waals surface area contributed by atoms with Crippen LogP contribution in [-0.2, 0) is 13.0 Å². The third kappa shape index (κ3) is 16.2. The van der Waals surface area contributed by atoms with Crippen molar-refractivity contribution in [3.8, 4) is 5.75 Å². The van der Waals surface area contributed by atoms with Crippen LogP contribution >= 0.6 is 0 Å². The van der Waals surface area contributed by atoms with Crippen molar-refractivity contribution in [1.29, 1.82) is 0 Å². The summed E-state index contributed by atoms with van der Waals surface area (Å²) in [6.07, 6.45) is 9.40. The topological polar surface area (TPSA) is 53.9 Å². The molecule has 0 heterocycles. The number of aliphatic hydroxyl groups is 1. The lowest BCUT2D eigenvalue weighted by Gasteiger charge is -2.18. The fourth-order valence-corrected chi connectivity index (χ4v) is 5.21. The van der Waals surface area contributed by atoms with Crippen molar-refractivity contribution < 1.29 is 9.84 Å². The number of hydrogen-bond acceptors (Lipinski definition) is 4. The minimum Gasteiger partial charge on any atom is -0.488 e. The van der Waals surface area contributed by atoms with Gasteiger partial charge in [-0.3, -0.25) is 4.99 Å². The smallest absolute Gasteiger partial charge is 0.126 e. The van der Waals surface area contributed by atoms with Gasteiger partial charge in [0.15, 0.2) is 0 Å². The van der Waals surface area contributed by atoms with Gasteiger partial charge in [-0.25, -0.2) is 0 Å². The van der Waals surface area contributed by atoms with Crippen molar-refractivity contribution in [3.63, 3.8) is 0 Å². The fourth-order valence-electron chi connectivity index (χ4n) is 5.21. The molecule has 4 aromatic rings. The van der Waals surface area contributed by atoms with Gasteiger partial charge in [0, 0.05) is 12.8 Å². The van der Waals surface area contributed by atoms with E-state index in [2.05, 4.69) is 85.7 Å². The summed E-state index contributed by atoms with van der Waals surface area (Å²) in [6.45, 7) is 12.5. The van der Waals surface area contributed by atoms with Crippen molar-refractivity contribution in [2.24, 2.45) is 4.99 Å². The average Bonchev–Trinajstić information content (AvgIpc) is 3.12. The van der Waals surface area contributed by atoms with E-state index in [1.54, 1.807) is 0 Å². The number of nitrogens with one attached hydrogen (secondary N) is 1. The largest absolute Gasteiger partial charge is 0.488 e. The van der Waals surface area contributed by atoms with Crippen LogP contribution in [0.25, 0.3) is 10.8 Å². The van der Waals surface area contributed by atoms with Gasteiger partial charge in [0.25, 0.3) is 0 Å². The highest BCUT2D eigenvalue weighted by atomic mass is 16.5. The molecule has 4 nitrogen and oxygen atoms in total. The Kier molecular flexibility index (Phi) is 23.6. The molecule has 4 heteroatoms. The molecule has 2 N–H and O–H groups in total. The normalized spacial score (nSPS) is 10.7. The highest BCUT2D eigenvalue weighted by molar-refractivity contribution is 5.85. The molecule has 4 aromatic carbocycles. The summed E-state index contributed by atoms with van der Waals surface area (Å²) < 4.78 is 5.63. The molecule has 0 saturated heterocycles. The van der Waals surface area contributed by atoms with Crippen LogP contribution in [0.3, 0.4) is 0 Å². The van der Waals surface area contributed by atoms with Crippen molar-refractivity contribution in [2.45, 2.75) is 98.5 Å². The minimum absolute atomic E-state index is 0.167. The number of likely N-dealkylation sites (N-methyl/N-ethyl adjacent to an activating group) is 1. The van der Waals surface area contributed by atoms with E-state index >= 15 is 0 Å². The zero-order valence-electron chi connectivity index (χ0n) is 29.9. The molecule has 0 aliphatic rings. The lowest BCUT2D eigenvalue weighted by molar-refractivity contribution is 0.279. The van der Waals surface area contributed by atoms with Crippen LogP contribution in [0.5, 0.6) is 5.75 Å².